The molecular weight excluding hydrogens is 309 g/mol. The summed E-state index contributed by atoms with van der Waals surface area (Å²) in [6.45, 7) is 0. The quantitative estimate of drug-likeness (QED) is 0.753. The number of rotatable bonds is 6. The van der Waals surface area contributed by atoms with Gasteiger partial charge in [-0.1, -0.05) is 95.2 Å². The van der Waals surface area contributed by atoms with Crippen molar-refractivity contribution in [2.24, 2.45) is 5.50 Å². The predicted molar refractivity (Wildman–Crippen MR) is 93.9 cm³/mol. The van der Waals surface area contributed by atoms with Crippen molar-refractivity contribution in [1.29, 1.82) is 0 Å². The first kappa shape index (κ1) is 15.1. The molecule has 2 aromatic carbocycles. The van der Waals surface area contributed by atoms with Crippen LogP contribution in [0.3, 0.4) is 0 Å². The van der Waals surface area contributed by atoms with Gasteiger partial charge in [-0.2, -0.15) is 0 Å². The van der Waals surface area contributed by atoms with Gasteiger partial charge < -0.3 is 0 Å². The highest BCUT2D eigenvalue weighted by Crippen LogP contribution is 2.64. The Morgan fingerprint density at radius 3 is 1.53 bits per heavy atom. The van der Waals surface area contributed by atoms with E-state index < -0.39 is 4.59 Å². The Morgan fingerprint density at radius 2 is 1.16 bits per heavy atom. The van der Waals surface area contributed by atoms with E-state index in [1.807, 2.05) is 36.4 Å². The summed E-state index contributed by atoms with van der Waals surface area (Å²) in [5, 5.41) is 0. The van der Waals surface area contributed by atoms with Crippen molar-refractivity contribution >= 4 is 39.2 Å². The van der Waals surface area contributed by atoms with Crippen LogP contribution in [-0.4, -0.2) is 0 Å². The second-order valence-corrected chi connectivity index (χ2v) is 15.0. The van der Waals surface area contributed by atoms with E-state index in [1.54, 1.807) is 22.8 Å². The predicted octanol–water partition coefficient (Wildman–Crippen LogP) is 5.04. The van der Waals surface area contributed by atoms with Gasteiger partial charge in [-0.25, -0.2) is 0 Å². The molecule has 2 N–H and O–H groups in total. The van der Waals surface area contributed by atoms with Crippen molar-refractivity contribution in [2.45, 2.75) is 11.5 Å². The number of hydrogen-bond acceptors (Lipinski definition) is 3. The lowest BCUT2D eigenvalue weighted by molar-refractivity contribution is 1.42. The lowest BCUT2D eigenvalue weighted by atomic mass is 10.2. The van der Waals surface area contributed by atoms with Crippen LogP contribution in [0.4, 0.5) is 0 Å². The summed E-state index contributed by atoms with van der Waals surface area (Å²) in [6, 6.07) is 20.7. The Bertz CT molecular complexity index is 498. The minimum Gasteiger partial charge on any atom is -0.287 e. The molecule has 0 amide bonds. The van der Waals surface area contributed by atoms with E-state index in [-0.39, 0.29) is 0 Å². The molecule has 0 unspecified atom stereocenters. The lowest BCUT2D eigenvalue weighted by Crippen LogP contribution is -1.88. The van der Waals surface area contributed by atoms with Crippen molar-refractivity contribution in [2.75, 3.05) is 0 Å². The third kappa shape index (κ3) is 5.72. The average Bonchev–Trinajstić information content (AvgIpc) is 2.46. The van der Waals surface area contributed by atoms with E-state index in [4.69, 9.17) is 17.3 Å². The molecule has 0 aliphatic carbocycles. The van der Waals surface area contributed by atoms with E-state index in [0.29, 0.717) is 0 Å². The Kier molecular flexibility index (Phi) is 5.99. The van der Waals surface area contributed by atoms with Crippen molar-refractivity contribution in [3.8, 4) is 0 Å². The highest BCUT2D eigenvalue weighted by Gasteiger charge is 2.12. The molecule has 0 aliphatic heterocycles. The maximum absolute atomic E-state index is 6.26. The zero-order valence-corrected chi connectivity index (χ0v) is 13.8. The van der Waals surface area contributed by atoms with E-state index in [1.165, 1.54) is 11.1 Å². The topological polar surface area (TPSA) is 26.0 Å². The van der Waals surface area contributed by atoms with Gasteiger partial charge in [0.1, 0.15) is 4.59 Å². The van der Waals surface area contributed by atoms with E-state index >= 15 is 0 Å². The molecule has 0 fully saturated rings. The van der Waals surface area contributed by atoms with Crippen LogP contribution in [0.1, 0.15) is 11.1 Å². The molecule has 5 heteroatoms. The number of nitrogens with two attached hydrogens (primary N) is 1. The summed E-state index contributed by atoms with van der Waals surface area (Å²) >= 11 is 8.99. The highest BCUT2D eigenvalue weighted by atomic mass is 33.2. The highest BCUT2D eigenvalue weighted by molar-refractivity contribution is 8.99. The number of hydrogen-bond donors (Lipinski definition) is 1. The smallest absolute Gasteiger partial charge is 0.115 e. The normalized spacial score (nSPS) is 11.4. The van der Waals surface area contributed by atoms with Crippen LogP contribution in [0.25, 0.3) is 0 Å². The van der Waals surface area contributed by atoms with Gasteiger partial charge in [0.15, 0.2) is 0 Å². The fourth-order valence-electron chi connectivity index (χ4n) is 1.51. The van der Waals surface area contributed by atoms with Crippen LogP contribution in [0.5, 0.6) is 0 Å². The average molecular weight is 325 g/mol. The summed E-state index contributed by atoms with van der Waals surface area (Å²) in [7, 11) is 0. The van der Waals surface area contributed by atoms with Gasteiger partial charge in [0.05, 0.1) is 0 Å². The monoisotopic (exact) mass is 325 g/mol. The van der Waals surface area contributed by atoms with Crippen LogP contribution in [-0.2, 0) is 23.3 Å². The Labute approximate surface area is 127 Å². The largest absolute Gasteiger partial charge is 0.287 e. The van der Waals surface area contributed by atoms with Gasteiger partial charge in [-0.3, -0.25) is 5.50 Å². The molecule has 0 heterocycles. The molecule has 2 rings (SSSR count). The standard InChI is InChI=1S/C14H16NPS3/c15-16(17,18-11-13-7-3-1-4-8-13)19-12-14-9-5-2-6-10-14/h1-10H,11-12H2,(H2,15,17). The molecule has 1 nitrogen and oxygen atoms in total. The Hall–Kier alpha value is -0.250. The molecule has 0 bridgehead atoms. The molecule has 100 valence electrons. The van der Waals surface area contributed by atoms with Crippen LogP contribution >= 0.6 is 27.4 Å². The zero-order chi connectivity index (χ0) is 13.6. The second-order valence-electron chi connectivity index (χ2n) is 4.06. The van der Waals surface area contributed by atoms with Gasteiger partial charge >= 0.3 is 0 Å². The zero-order valence-electron chi connectivity index (χ0n) is 10.4. The van der Waals surface area contributed by atoms with Crippen molar-refractivity contribution in [1.82, 2.24) is 0 Å². The van der Waals surface area contributed by atoms with Crippen LogP contribution in [0.15, 0.2) is 60.7 Å². The molecular formula is C14H16NPS3. The van der Waals surface area contributed by atoms with Gasteiger partial charge in [-0.15, -0.1) is 0 Å². The van der Waals surface area contributed by atoms with Crippen LogP contribution in [0, 0.1) is 0 Å². The Morgan fingerprint density at radius 1 is 0.789 bits per heavy atom. The van der Waals surface area contributed by atoms with Crippen molar-refractivity contribution < 1.29 is 0 Å². The fourth-order valence-corrected chi connectivity index (χ4v) is 7.40. The molecule has 2 aromatic rings. The minimum atomic E-state index is -1.86. The van der Waals surface area contributed by atoms with E-state index in [0.717, 1.165) is 11.5 Å². The summed E-state index contributed by atoms with van der Waals surface area (Å²) in [5.41, 5.74) is 8.83. The summed E-state index contributed by atoms with van der Waals surface area (Å²) in [6.07, 6.45) is 0. The van der Waals surface area contributed by atoms with Gasteiger partial charge in [0.25, 0.3) is 0 Å². The van der Waals surface area contributed by atoms with Crippen molar-refractivity contribution in [3.63, 3.8) is 0 Å². The molecule has 0 aliphatic rings. The first-order valence-electron chi connectivity index (χ1n) is 5.91. The molecule has 0 aromatic heterocycles. The SMILES string of the molecule is NP(=S)(SCc1ccccc1)SCc1ccccc1. The van der Waals surface area contributed by atoms with Crippen LogP contribution in [0.2, 0.25) is 0 Å². The molecule has 0 atom stereocenters. The van der Waals surface area contributed by atoms with Gasteiger partial charge in [0.2, 0.25) is 0 Å². The number of benzene rings is 2. The summed E-state index contributed by atoms with van der Waals surface area (Å²) in [4.78, 5) is 0. The van der Waals surface area contributed by atoms with Crippen LogP contribution < -0.4 is 5.50 Å². The molecule has 0 saturated heterocycles. The maximum Gasteiger partial charge on any atom is 0.115 e. The minimum absolute atomic E-state index is 0.899. The third-order valence-electron chi connectivity index (χ3n) is 2.51. The Balaban J connectivity index is 1.84. The maximum atomic E-state index is 6.26. The third-order valence-corrected chi connectivity index (χ3v) is 10.9. The summed E-state index contributed by atoms with van der Waals surface area (Å²) in [5.74, 6) is 1.80. The lowest BCUT2D eigenvalue weighted by Gasteiger charge is -2.15. The van der Waals surface area contributed by atoms with E-state index in [9.17, 15) is 0 Å². The molecule has 0 saturated carbocycles. The first-order chi connectivity index (χ1) is 9.16. The first-order valence-corrected chi connectivity index (χ1v) is 12.0. The van der Waals surface area contributed by atoms with E-state index in [2.05, 4.69) is 24.3 Å². The second kappa shape index (κ2) is 7.51. The summed E-state index contributed by atoms with van der Waals surface area (Å²) < 4.78 is -1.86. The van der Waals surface area contributed by atoms with Gasteiger partial charge in [0, 0.05) is 11.5 Å². The molecule has 0 spiro atoms. The molecule has 0 radical (unpaired) electrons. The van der Waals surface area contributed by atoms with Gasteiger partial charge in [-0.05, 0) is 11.1 Å². The van der Waals surface area contributed by atoms with Crippen molar-refractivity contribution in [3.05, 3.63) is 71.8 Å². The fraction of sp³-hybridized carbons (Fsp3) is 0.143. The molecule has 19 heavy (non-hydrogen) atoms.